The molecule has 25 heavy (non-hydrogen) atoms. The second kappa shape index (κ2) is 7.83. The van der Waals surface area contributed by atoms with Gasteiger partial charge >= 0.3 is 0 Å². The number of halogens is 1. The van der Waals surface area contributed by atoms with Crippen LogP contribution in [0.25, 0.3) is 10.9 Å². The molecule has 3 rings (SSSR count). The topological polar surface area (TPSA) is 70.0 Å². The minimum Gasteiger partial charge on any atom is -0.361 e. The number of aromatic amines is 1. The summed E-state index contributed by atoms with van der Waals surface area (Å²) >= 11 is 0. The highest BCUT2D eigenvalue weighted by Gasteiger charge is 2.05. The van der Waals surface area contributed by atoms with Crippen molar-refractivity contribution >= 4 is 16.9 Å². The number of H-pyrrole nitrogens is 1. The minimum atomic E-state index is -0.226. The normalized spacial score (nSPS) is 11.9. The highest BCUT2D eigenvalue weighted by atomic mass is 19.1. The Labute approximate surface area is 146 Å². The van der Waals surface area contributed by atoms with E-state index >= 15 is 0 Å². The van der Waals surface area contributed by atoms with Crippen molar-refractivity contribution in [2.24, 2.45) is 12.0 Å². The molecule has 0 spiro atoms. The number of guanidine groups is 1. The highest BCUT2D eigenvalue weighted by molar-refractivity contribution is 5.83. The van der Waals surface area contributed by atoms with Gasteiger partial charge in [0.2, 0.25) is 0 Å². The fourth-order valence-corrected chi connectivity index (χ4v) is 2.75. The average molecular weight is 342 g/mol. The zero-order chi connectivity index (χ0) is 17.6. The number of nitrogens with one attached hydrogen (secondary N) is 3. The van der Waals surface area contributed by atoms with Crippen LogP contribution in [0.5, 0.6) is 0 Å². The van der Waals surface area contributed by atoms with Gasteiger partial charge in [0.1, 0.15) is 5.82 Å². The lowest BCUT2D eigenvalue weighted by molar-refractivity contribution is 0.629. The molecule has 6 nitrogen and oxygen atoms in total. The van der Waals surface area contributed by atoms with Crippen molar-refractivity contribution in [3.05, 3.63) is 53.7 Å². The molecule has 2 aromatic heterocycles. The maximum Gasteiger partial charge on any atom is 0.191 e. The van der Waals surface area contributed by atoms with Gasteiger partial charge in [0, 0.05) is 49.0 Å². The van der Waals surface area contributed by atoms with E-state index in [0.717, 1.165) is 47.5 Å². The van der Waals surface area contributed by atoms with E-state index in [1.165, 1.54) is 12.1 Å². The summed E-state index contributed by atoms with van der Waals surface area (Å²) in [6.07, 6.45) is 6.53. The third-order valence-electron chi connectivity index (χ3n) is 3.94. The lowest BCUT2D eigenvalue weighted by Crippen LogP contribution is -2.38. The number of benzene rings is 1. The highest BCUT2D eigenvalue weighted by Crippen LogP contribution is 2.19. The van der Waals surface area contributed by atoms with Gasteiger partial charge in [-0.15, -0.1) is 0 Å². The lowest BCUT2D eigenvalue weighted by atomic mass is 10.1. The summed E-state index contributed by atoms with van der Waals surface area (Å²) in [7, 11) is 1.89. The van der Waals surface area contributed by atoms with Crippen molar-refractivity contribution < 1.29 is 4.39 Å². The largest absolute Gasteiger partial charge is 0.361 e. The monoisotopic (exact) mass is 342 g/mol. The Bertz CT molecular complexity index is 863. The van der Waals surface area contributed by atoms with Gasteiger partial charge < -0.3 is 15.6 Å². The summed E-state index contributed by atoms with van der Waals surface area (Å²) in [5.74, 6) is 0.549. The Morgan fingerprint density at radius 1 is 1.36 bits per heavy atom. The van der Waals surface area contributed by atoms with Gasteiger partial charge in [-0.05, 0) is 37.1 Å². The first kappa shape index (κ1) is 17.0. The Morgan fingerprint density at radius 2 is 2.24 bits per heavy atom. The molecule has 0 amide bonds. The van der Waals surface area contributed by atoms with Crippen LogP contribution in [0.2, 0.25) is 0 Å². The molecule has 0 unspecified atom stereocenters. The van der Waals surface area contributed by atoms with Crippen LogP contribution in [-0.4, -0.2) is 33.8 Å². The number of aliphatic imine (C=N–C) groups is 1. The van der Waals surface area contributed by atoms with Gasteiger partial charge in [0.25, 0.3) is 0 Å². The second-order valence-corrected chi connectivity index (χ2v) is 5.90. The van der Waals surface area contributed by atoms with Crippen LogP contribution in [0.1, 0.15) is 18.1 Å². The van der Waals surface area contributed by atoms with Crippen LogP contribution in [0.15, 0.2) is 41.8 Å². The van der Waals surface area contributed by atoms with Crippen LogP contribution < -0.4 is 10.6 Å². The summed E-state index contributed by atoms with van der Waals surface area (Å²) < 4.78 is 15.0. The van der Waals surface area contributed by atoms with E-state index in [2.05, 4.69) is 25.7 Å². The van der Waals surface area contributed by atoms with E-state index in [9.17, 15) is 4.39 Å². The van der Waals surface area contributed by atoms with Crippen LogP contribution in [0.4, 0.5) is 4.39 Å². The van der Waals surface area contributed by atoms with Crippen molar-refractivity contribution in [1.82, 2.24) is 25.4 Å². The van der Waals surface area contributed by atoms with Crippen LogP contribution in [0.3, 0.4) is 0 Å². The van der Waals surface area contributed by atoms with Crippen molar-refractivity contribution in [2.75, 3.05) is 13.1 Å². The molecule has 0 atom stereocenters. The van der Waals surface area contributed by atoms with E-state index in [-0.39, 0.29) is 5.82 Å². The summed E-state index contributed by atoms with van der Waals surface area (Å²) in [6, 6.07) is 4.83. The zero-order valence-electron chi connectivity index (χ0n) is 14.5. The molecule has 0 aliphatic carbocycles. The molecule has 0 saturated heterocycles. The maximum atomic E-state index is 13.3. The van der Waals surface area contributed by atoms with Crippen LogP contribution in [0, 0.1) is 5.82 Å². The molecular formula is C18H23FN6. The van der Waals surface area contributed by atoms with E-state index in [4.69, 9.17) is 0 Å². The predicted molar refractivity (Wildman–Crippen MR) is 98.0 cm³/mol. The van der Waals surface area contributed by atoms with Gasteiger partial charge in [-0.1, -0.05) is 0 Å². The second-order valence-electron chi connectivity index (χ2n) is 5.90. The van der Waals surface area contributed by atoms with Crippen molar-refractivity contribution in [3.8, 4) is 0 Å². The molecular weight excluding hydrogens is 319 g/mol. The van der Waals surface area contributed by atoms with Crippen LogP contribution >= 0.6 is 0 Å². The molecule has 3 N–H and O–H groups in total. The molecule has 0 aliphatic rings. The summed E-state index contributed by atoms with van der Waals surface area (Å²) in [6.45, 7) is 4.15. The predicted octanol–water partition coefficient (Wildman–Crippen LogP) is 2.34. The quantitative estimate of drug-likeness (QED) is 0.476. The fourth-order valence-electron chi connectivity index (χ4n) is 2.75. The Kier molecular flexibility index (Phi) is 5.33. The Hall–Kier alpha value is -2.83. The maximum absolute atomic E-state index is 13.3. The number of hydrogen-bond acceptors (Lipinski definition) is 2. The molecule has 0 aliphatic heterocycles. The van der Waals surface area contributed by atoms with Crippen LogP contribution in [-0.2, 0) is 20.0 Å². The van der Waals surface area contributed by atoms with Gasteiger partial charge in [-0.2, -0.15) is 5.10 Å². The molecule has 0 fully saturated rings. The molecule has 1 aromatic carbocycles. The lowest BCUT2D eigenvalue weighted by Gasteiger charge is -2.10. The number of rotatable bonds is 6. The standard InChI is InChI=1S/C18H23FN6/c1-3-20-18(23-9-13-10-24-25(2)12-13)21-7-6-14-11-22-17-8-15(19)4-5-16(14)17/h4-5,8,10-12,22H,3,6-7,9H2,1-2H3,(H2,20,21,23). The molecule has 0 saturated carbocycles. The smallest absolute Gasteiger partial charge is 0.191 e. The van der Waals surface area contributed by atoms with Crippen molar-refractivity contribution in [2.45, 2.75) is 19.9 Å². The number of hydrogen-bond donors (Lipinski definition) is 3. The Balaban J connectivity index is 1.59. The number of nitrogens with zero attached hydrogens (tertiary/aromatic N) is 3. The van der Waals surface area contributed by atoms with Gasteiger partial charge in [-0.3, -0.25) is 4.68 Å². The Morgan fingerprint density at radius 3 is 3.00 bits per heavy atom. The third kappa shape index (κ3) is 4.37. The SMILES string of the molecule is CCNC(=NCc1cnn(C)c1)NCCc1c[nH]c2cc(F)ccc12. The van der Waals surface area contributed by atoms with Gasteiger partial charge in [-0.25, -0.2) is 9.38 Å². The third-order valence-corrected chi connectivity index (χ3v) is 3.94. The average Bonchev–Trinajstić information content (AvgIpc) is 3.18. The number of aromatic nitrogens is 3. The van der Waals surface area contributed by atoms with E-state index < -0.39 is 0 Å². The first-order valence-electron chi connectivity index (χ1n) is 8.41. The number of aryl methyl sites for hydroxylation is 1. The molecule has 0 radical (unpaired) electrons. The summed E-state index contributed by atoms with van der Waals surface area (Å²) in [5, 5.41) is 11.8. The first-order chi connectivity index (χ1) is 12.2. The van der Waals surface area contributed by atoms with E-state index in [1.807, 2.05) is 38.6 Å². The number of fused-ring (bicyclic) bond motifs is 1. The fraction of sp³-hybridized carbons (Fsp3) is 0.333. The molecule has 2 heterocycles. The van der Waals surface area contributed by atoms with E-state index in [1.54, 1.807) is 4.68 Å². The zero-order valence-corrected chi connectivity index (χ0v) is 14.5. The van der Waals surface area contributed by atoms with E-state index in [0.29, 0.717) is 6.54 Å². The van der Waals surface area contributed by atoms with Crippen molar-refractivity contribution in [1.29, 1.82) is 0 Å². The molecule has 0 bridgehead atoms. The summed E-state index contributed by atoms with van der Waals surface area (Å²) in [4.78, 5) is 7.69. The minimum absolute atomic E-state index is 0.226. The van der Waals surface area contributed by atoms with Crippen molar-refractivity contribution in [3.63, 3.8) is 0 Å². The summed E-state index contributed by atoms with van der Waals surface area (Å²) in [5.41, 5.74) is 3.05. The molecule has 132 valence electrons. The van der Waals surface area contributed by atoms with Gasteiger partial charge in [0.05, 0.1) is 12.7 Å². The molecule has 3 aromatic rings. The first-order valence-corrected chi connectivity index (χ1v) is 8.41. The van der Waals surface area contributed by atoms with Gasteiger partial charge in [0.15, 0.2) is 5.96 Å². The molecule has 7 heteroatoms.